The molecule has 19 heavy (non-hydrogen) atoms. The SMILES string of the molecule is COc1ccc(C)cc1C(CCN)CN1CCCC1. The first kappa shape index (κ1) is 14.4. The second kappa shape index (κ2) is 6.92. The van der Waals surface area contributed by atoms with Crippen LogP contribution in [0.5, 0.6) is 5.75 Å². The molecule has 0 amide bonds. The van der Waals surface area contributed by atoms with Crippen molar-refractivity contribution >= 4 is 0 Å². The largest absolute Gasteiger partial charge is 0.496 e. The summed E-state index contributed by atoms with van der Waals surface area (Å²) in [4.78, 5) is 2.56. The average molecular weight is 262 g/mol. The lowest BCUT2D eigenvalue weighted by molar-refractivity contribution is 0.303. The molecule has 0 aliphatic carbocycles. The molecule has 3 nitrogen and oxygen atoms in total. The molecular weight excluding hydrogens is 236 g/mol. The molecule has 106 valence electrons. The van der Waals surface area contributed by atoms with Gasteiger partial charge in [0.25, 0.3) is 0 Å². The second-order valence-electron chi connectivity index (χ2n) is 5.53. The number of hydrogen-bond donors (Lipinski definition) is 1. The van der Waals surface area contributed by atoms with E-state index in [2.05, 4.69) is 30.0 Å². The number of ether oxygens (including phenoxy) is 1. The summed E-state index contributed by atoms with van der Waals surface area (Å²) in [5.74, 6) is 1.49. The zero-order valence-electron chi connectivity index (χ0n) is 12.2. The maximum absolute atomic E-state index is 5.81. The van der Waals surface area contributed by atoms with Gasteiger partial charge in [0.1, 0.15) is 5.75 Å². The molecule has 1 unspecified atom stereocenters. The molecule has 2 rings (SSSR count). The molecule has 0 radical (unpaired) electrons. The van der Waals surface area contributed by atoms with Gasteiger partial charge in [-0.15, -0.1) is 0 Å². The number of likely N-dealkylation sites (tertiary alicyclic amines) is 1. The first-order valence-corrected chi connectivity index (χ1v) is 7.31. The quantitative estimate of drug-likeness (QED) is 0.856. The molecule has 1 heterocycles. The van der Waals surface area contributed by atoms with Crippen LogP contribution < -0.4 is 10.5 Å². The number of aryl methyl sites for hydroxylation is 1. The summed E-state index contributed by atoms with van der Waals surface area (Å²) >= 11 is 0. The predicted molar refractivity (Wildman–Crippen MR) is 79.8 cm³/mol. The van der Waals surface area contributed by atoms with Gasteiger partial charge in [-0.1, -0.05) is 17.7 Å². The first-order chi connectivity index (χ1) is 9.24. The third-order valence-corrected chi connectivity index (χ3v) is 4.02. The Morgan fingerprint density at radius 2 is 2.05 bits per heavy atom. The van der Waals surface area contributed by atoms with Crippen molar-refractivity contribution in [2.45, 2.75) is 32.1 Å². The van der Waals surface area contributed by atoms with Crippen molar-refractivity contribution in [3.8, 4) is 5.75 Å². The maximum atomic E-state index is 5.81. The van der Waals surface area contributed by atoms with Gasteiger partial charge >= 0.3 is 0 Å². The van der Waals surface area contributed by atoms with Crippen LogP contribution in [0, 0.1) is 6.92 Å². The molecule has 0 aromatic heterocycles. The molecule has 1 fully saturated rings. The fourth-order valence-electron chi connectivity index (χ4n) is 3.00. The summed E-state index contributed by atoms with van der Waals surface area (Å²) in [5, 5.41) is 0. The number of hydrogen-bond acceptors (Lipinski definition) is 3. The van der Waals surface area contributed by atoms with Gasteiger partial charge in [0.05, 0.1) is 7.11 Å². The van der Waals surface area contributed by atoms with Crippen LogP contribution in [0.15, 0.2) is 18.2 Å². The van der Waals surface area contributed by atoms with Gasteiger partial charge < -0.3 is 15.4 Å². The highest BCUT2D eigenvalue weighted by atomic mass is 16.5. The molecule has 0 bridgehead atoms. The van der Waals surface area contributed by atoms with Crippen molar-refractivity contribution in [3.63, 3.8) is 0 Å². The van der Waals surface area contributed by atoms with E-state index in [0.29, 0.717) is 5.92 Å². The van der Waals surface area contributed by atoms with Crippen molar-refractivity contribution in [2.24, 2.45) is 5.73 Å². The molecule has 0 spiro atoms. The number of rotatable bonds is 6. The van der Waals surface area contributed by atoms with E-state index in [1.807, 2.05) is 0 Å². The summed E-state index contributed by atoms with van der Waals surface area (Å²) < 4.78 is 5.53. The molecule has 1 aromatic rings. The van der Waals surface area contributed by atoms with E-state index in [0.717, 1.165) is 25.3 Å². The number of nitrogens with two attached hydrogens (primary N) is 1. The topological polar surface area (TPSA) is 38.5 Å². The monoisotopic (exact) mass is 262 g/mol. The van der Waals surface area contributed by atoms with E-state index in [1.54, 1.807) is 7.11 Å². The van der Waals surface area contributed by atoms with Gasteiger partial charge in [-0.3, -0.25) is 0 Å². The Labute approximate surface area is 116 Å². The van der Waals surface area contributed by atoms with E-state index < -0.39 is 0 Å². The van der Waals surface area contributed by atoms with E-state index in [-0.39, 0.29) is 0 Å². The van der Waals surface area contributed by atoms with Gasteiger partial charge in [0.2, 0.25) is 0 Å². The second-order valence-corrected chi connectivity index (χ2v) is 5.53. The molecule has 1 aliphatic heterocycles. The molecule has 0 saturated carbocycles. The van der Waals surface area contributed by atoms with Crippen LogP contribution in [0.25, 0.3) is 0 Å². The molecular formula is C16H26N2O. The van der Waals surface area contributed by atoms with Crippen molar-refractivity contribution in [1.29, 1.82) is 0 Å². The van der Waals surface area contributed by atoms with Crippen LogP contribution in [0.1, 0.15) is 36.3 Å². The zero-order valence-corrected chi connectivity index (χ0v) is 12.2. The summed E-state index contributed by atoms with van der Waals surface area (Å²) in [7, 11) is 1.75. The third-order valence-electron chi connectivity index (χ3n) is 4.02. The number of nitrogens with zero attached hydrogens (tertiary/aromatic N) is 1. The summed E-state index contributed by atoms with van der Waals surface area (Å²) in [6, 6.07) is 6.45. The van der Waals surface area contributed by atoms with Crippen LogP contribution in [-0.2, 0) is 0 Å². The Morgan fingerprint density at radius 3 is 2.68 bits per heavy atom. The fraction of sp³-hybridized carbons (Fsp3) is 0.625. The van der Waals surface area contributed by atoms with Crippen LogP contribution in [-0.4, -0.2) is 38.2 Å². The van der Waals surface area contributed by atoms with Gasteiger partial charge in [0.15, 0.2) is 0 Å². The zero-order chi connectivity index (χ0) is 13.7. The van der Waals surface area contributed by atoms with Gasteiger partial charge in [-0.05, 0) is 57.5 Å². The standard InChI is InChI=1S/C16H26N2O/c1-13-5-6-16(19-2)15(11-13)14(7-8-17)12-18-9-3-4-10-18/h5-6,11,14H,3-4,7-10,12,17H2,1-2H3. The van der Waals surface area contributed by atoms with Crippen LogP contribution in [0.3, 0.4) is 0 Å². The van der Waals surface area contributed by atoms with Crippen LogP contribution >= 0.6 is 0 Å². The Morgan fingerprint density at radius 1 is 1.32 bits per heavy atom. The summed E-state index contributed by atoms with van der Waals surface area (Å²) in [5.41, 5.74) is 8.42. The minimum atomic E-state index is 0.484. The lowest BCUT2D eigenvalue weighted by Crippen LogP contribution is -2.27. The lowest BCUT2D eigenvalue weighted by Gasteiger charge is -2.25. The molecule has 2 N–H and O–H groups in total. The summed E-state index contributed by atoms with van der Waals surface area (Å²) in [6.45, 7) is 6.44. The molecule has 3 heteroatoms. The minimum Gasteiger partial charge on any atom is -0.496 e. The Kier molecular flexibility index (Phi) is 5.23. The van der Waals surface area contributed by atoms with E-state index in [4.69, 9.17) is 10.5 Å². The Bertz CT molecular complexity index is 400. The van der Waals surface area contributed by atoms with Gasteiger partial charge in [0, 0.05) is 12.5 Å². The minimum absolute atomic E-state index is 0.484. The third kappa shape index (κ3) is 3.71. The molecule has 1 aliphatic rings. The van der Waals surface area contributed by atoms with Crippen molar-refractivity contribution in [3.05, 3.63) is 29.3 Å². The smallest absolute Gasteiger partial charge is 0.122 e. The van der Waals surface area contributed by atoms with E-state index in [1.165, 1.54) is 37.1 Å². The van der Waals surface area contributed by atoms with Crippen LogP contribution in [0.2, 0.25) is 0 Å². The fourth-order valence-corrected chi connectivity index (χ4v) is 3.00. The van der Waals surface area contributed by atoms with Crippen molar-refractivity contribution in [2.75, 3.05) is 33.3 Å². The number of methoxy groups -OCH3 is 1. The maximum Gasteiger partial charge on any atom is 0.122 e. The Balaban J connectivity index is 2.18. The van der Waals surface area contributed by atoms with E-state index >= 15 is 0 Å². The Hall–Kier alpha value is -1.06. The molecule has 1 aromatic carbocycles. The highest BCUT2D eigenvalue weighted by Crippen LogP contribution is 2.31. The van der Waals surface area contributed by atoms with Crippen LogP contribution in [0.4, 0.5) is 0 Å². The highest BCUT2D eigenvalue weighted by molar-refractivity contribution is 5.39. The number of benzene rings is 1. The van der Waals surface area contributed by atoms with Gasteiger partial charge in [-0.25, -0.2) is 0 Å². The predicted octanol–water partition coefficient (Wildman–Crippen LogP) is 2.53. The van der Waals surface area contributed by atoms with E-state index in [9.17, 15) is 0 Å². The van der Waals surface area contributed by atoms with Gasteiger partial charge in [-0.2, -0.15) is 0 Å². The summed E-state index contributed by atoms with van der Waals surface area (Å²) in [6.07, 6.45) is 3.69. The average Bonchev–Trinajstić information content (AvgIpc) is 2.91. The van der Waals surface area contributed by atoms with Crippen molar-refractivity contribution in [1.82, 2.24) is 4.90 Å². The molecule has 1 saturated heterocycles. The lowest BCUT2D eigenvalue weighted by atomic mass is 9.93. The molecule has 1 atom stereocenters. The van der Waals surface area contributed by atoms with Crippen molar-refractivity contribution < 1.29 is 4.74 Å². The first-order valence-electron chi connectivity index (χ1n) is 7.31. The highest BCUT2D eigenvalue weighted by Gasteiger charge is 2.21. The normalized spacial score (nSPS) is 17.6.